The summed E-state index contributed by atoms with van der Waals surface area (Å²) in [4.78, 5) is 45.6. The van der Waals surface area contributed by atoms with Crippen molar-refractivity contribution in [3.05, 3.63) is 110 Å². The lowest BCUT2D eigenvalue weighted by atomic mass is 9.68. The Hall–Kier alpha value is -3.62. The molecule has 3 fully saturated rings. The molecule has 41 heavy (non-hydrogen) atoms. The lowest BCUT2D eigenvalue weighted by molar-refractivity contribution is -0.123. The highest BCUT2D eigenvalue weighted by atomic mass is 32.2. The number of H-pyrrole nitrogens is 1. The van der Waals surface area contributed by atoms with Gasteiger partial charge in [0.05, 0.1) is 22.5 Å². The van der Waals surface area contributed by atoms with Crippen LogP contribution in [0.15, 0.2) is 88.7 Å². The molecule has 4 aromatic rings. The number of imide groups is 1. The van der Waals surface area contributed by atoms with Crippen LogP contribution in [0.1, 0.15) is 33.9 Å². The lowest BCUT2D eigenvalue weighted by Gasteiger charge is -2.43. The second-order valence-electron chi connectivity index (χ2n) is 11.6. The van der Waals surface area contributed by atoms with Gasteiger partial charge >= 0.3 is 4.87 Å². The van der Waals surface area contributed by atoms with E-state index in [1.165, 1.54) is 21.8 Å². The zero-order valence-corrected chi connectivity index (χ0v) is 24.0. The summed E-state index contributed by atoms with van der Waals surface area (Å²) in [6.07, 6.45) is 0.880. The lowest BCUT2D eigenvalue weighted by Crippen LogP contribution is -2.42. The van der Waals surface area contributed by atoms with Gasteiger partial charge in [0.25, 0.3) is 0 Å². The third-order valence-corrected chi connectivity index (χ3v) is 12.2. The molecule has 1 aromatic heterocycles. The summed E-state index contributed by atoms with van der Waals surface area (Å²) in [6.45, 7) is 2.59. The van der Waals surface area contributed by atoms with Gasteiger partial charge in [0.15, 0.2) is 0 Å². The number of carbonyl (C=O) groups excluding carboxylic acids is 2. The van der Waals surface area contributed by atoms with E-state index in [2.05, 4.69) is 36.2 Å². The molecule has 7 atom stereocenters. The molecule has 3 aromatic carbocycles. The molecule has 3 heterocycles. The molecule has 8 rings (SSSR count). The van der Waals surface area contributed by atoms with Gasteiger partial charge in [0.1, 0.15) is 12.4 Å². The van der Waals surface area contributed by atoms with Crippen LogP contribution in [-0.4, -0.2) is 22.0 Å². The Morgan fingerprint density at radius 1 is 0.878 bits per heavy atom. The summed E-state index contributed by atoms with van der Waals surface area (Å²) < 4.78 is 6.12. The van der Waals surface area contributed by atoms with E-state index >= 15 is 0 Å². The number of rotatable bonds is 5. The minimum Gasteiger partial charge on any atom is -0.489 e. The molecule has 0 unspecified atom stereocenters. The standard InChI is InChI=1S/C33H28N2O4S2/c1-17-7-5-6-8-19(17)16-39-21-13-11-18(12-14-21)24-25-22-15-23(28(25)40-30-29(24)41-33(38)34-30)27-26(22)31(36)35(32(27)37)20-9-3-2-4-10-20/h2-14,22-28H,15-16H2,1H3,(H,34,38)/t22-,23-,24+,25+,26+,27+,28-/m1/s1. The zero-order valence-electron chi connectivity index (χ0n) is 22.4. The van der Waals surface area contributed by atoms with Crippen molar-refractivity contribution in [2.24, 2.45) is 29.6 Å². The SMILES string of the molecule is Cc1ccccc1COc1ccc([C@@H]2c3sc(=O)[nH]c3S[C@@H]3[C@@H]4C[C@@H]([C@@H]5C(=O)N(c6ccccc6)C(=O)[C@@H]45)[C@@H]23)cc1. The highest BCUT2D eigenvalue weighted by molar-refractivity contribution is 8.00. The van der Waals surface area contributed by atoms with E-state index in [9.17, 15) is 14.4 Å². The number of hydrogen-bond acceptors (Lipinski definition) is 6. The fourth-order valence-electron chi connectivity index (χ4n) is 7.93. The summed E-state index contributed by atoms with van der Waals surface area (Å²) in [6, 6.07) is 25.8. The number of ether oxygens (including phenoxy) is 1. The van der Waals surface area contributed by atoms with Crippen molar-refractivity contribution in [1.29, 1.82) is 0 Å². The van der Waals surface area contributed by atoms with Crippen LogP contribution in [-0.2, 0) is 16.2 Å². The number of thiazole rings is 1. The number of amides is 2. The number of nitrogens with one attached hydrogen (secondary N) is 1. The van der Waals surface area contributed by atoms with Crippen LogP contribution in [0.3, 0.4) is 0 Å². The first-order chi connectivity index (χ1) is 20.0. The maximum absolute atomic E-state index is 13.8. The number of nitrogens with zero attached hydrogens (tertiary/aromatic N) is 1. The van der Waals surface area contributed by atoms with E-state index in [4.69, 9.17) is 4.74 Å². The number of aryl methyl sites for hydroxylation is 1. The summed E-state index contributed by atoms with van der Waals surface area (Å²) in [5.74, 6) is 0.470. The Balaban J connectivity index is 1.12. The predicted octanol–water partition coefficient (Wildman–Crippen LogP) is 6.00. The van der Waals surface area contributed by atoms with E-state index in [-0.39, 0.29) is 57.4 Å². The molecule has 0 radical (unpaired) electrons. The van der Waals surface area contributed by atoms with Crippen LogP contribution >= 0.6 is 23.1 Å². The van der Waals surface area contributed by atoms with E-state index in [0.29, 0.717) is 12.3 Å². The average molecular weight is 581 g/mol. The third kappa shape index (κ3) is 3.80. The highest BCUT2D eigenvalue weighted by Gasteiger charge is 2.69. The molecule has 206 valence electrons. The fourth-order valence-corrected chi connectivity index (χ4v) is 10.8. The van der Waals surface area contributed by atoms with Crippen LogP contribution in [0.25, 0.3) is 0 Å². The van der Waals surface area contributed by atoms with Gasteiger partial charge in [-0.1, -0.05) is 65.9 Å². The molecule has 0 spiro atoms. The number of carbonyl (C=O) groups is 2. The smallest absolute Gasteiger partial charge is 0.305 e. The van der Waals surface area contributed by atoms with Gasteiger partial charge in [-0.15, -0.1) is 11.8 Å². The fraction of sp³-hybridized carbons (Fsp3) is 0.303. The molecule has 4 aliphatic rings. The highest BCUT2D eigenvalue weighted by Crippen LogP contribution is 2.68. The van der Waals surface area contributed by atoms with Crippen molar-refractivity contribution >= 4 is 40.6 Å². The van der Waals surface area contributed by atoms with Crippen molar-refractivity contribution in [3.8, 4) is 5.75 Å². The zero-order chi connectivity index (χ0) is 27.8. The molecule has 6 nitrogen and oxygen atoms in total. The summed E-state index contributed by atoms with van der Waals surface area (Å²) in [7, 11) is 0. The molecule has 2 saturated carbocycles. The Morgan fingerprint density at radius 2 is 1.59 bits per heavy atom. The molecule has 8 heteroatoms. The van der Waals surface area contributed by atoms with Crippen molar-refractivity contribution < 1.29 is 14.3 Å². The second-order valence-corrected chi connectivity index (χ2v) is 13.8. The molecular weight excluding hydrogens is 553 g/mol. The summed E-state index contributed by atoms with van der Waals surface area (Å²) in [5, 5.41) is 1.10. The van der Waals surface area contributed by atoms with E-state index in [0.717, 1.165) is 33.2 Å². The quantitative estimate of drug-likeness (QED) is 0.293. The third-order valence-electron chi connectivity index (χ3n) is 9.63. The first-order valence-electron chi connectivity index (χ1n) is 14.1. The van der Waals surface area contributed by atoms with Crippen molar-refractivity contribution in [2.45, 2.75) is 36.1 Å². The van der Waals surface area contributed by atoms with Crippen LogP contribution < -0.4 is 14.5 Å². The topological polar surface area (TPSA) is 79.5 Å². The van der Waals surface area contributed by atoms with Crippen molar-refractivity contribution in [3.63, 3.8) is 0 Å². The van der Waals surface area contributed by atoms with E-state index < -0.39 is 0 Å². The Kier molecular flexibility index (Phi) is 5.80. The van der Waals surface area contributed by atoms with Gasteiger partial charge in [0.2, 0.25) is 11.8 Å². The minimum atomic E-state index is -0.300. The van der Waals surface area contributed by atoms with Gasteiger partial charge in [-0.2, -0.15) is 0 Å². The molecular formula is C33H28N2O4S2. The molecule has 1 saturated heterocycles. The maximum Gasteiger partial charge on any atom is 0.305 e. The van der Waals surface area contributed by atoms with Crippen molar-refractivity contribution in [1.82, 2.24) is 4.98 Å². The van der Waals surface area contributed by atoms with Crippen LogP contribution in [0.5, 0.6) is 5.75 Å². The van der Waals surface area contributed by atoms with Crippen LogP contribution in [0.4, 0.5) is 5.69 Å². The number of aromatic nitrogens is 1. The van der Waals surface area contributed by atoms with Gasteiger partial charge in [-0.05, 0) is 72.1 Å². The van der Waals surface area contributed by atoms with Gasteiger partial charge in [0, 0.05) is 16.0 Å². The number of para-hydroxylation sites is 1. The minimum absolute atomic E-state index is 0.00440. The average Bonchev–Trinajstić information content (AvgIpc) is 3.72. The number of thioether (sulfide) groups is 1. The van der Waals surface area contributed by atoms with Crippen LogP contribution in [0.2, 0.25) is 0 Å². The second kappa shape index (κ2) is 9.46. The summed E-state index contributed by atoms with van der Waals surface area (Å²) >= 11 is 3.00. The van der Waals surface area contributed by atoms with Gasteiger partial charge in [-0.3, -0.25) is 19.3 Å². The largest absolute Gasteiger partial charge is 0.489 e. The number of hydrogen-bond donors (Lipinski definition) is 1. The Labute approximate surface area is 245 Å². The van der Waals surface area contributed by atoms with Crippen LogP contribution in [0, 0.1) is 36.5 Å². The molecule has 2 bridgehead atoms. The molecule has 1 N–H and O–H groups in total. The summed E-state index contributed by atoms with van der Waals surface area (Å²) in [5.41, 5.74) is 4.14. The molecule has 2 aliphatic heterocycles. The normalized spacial score (nSPS) is 29.4. The number of anilines is 1. The number of fused-ring (bicyclic) bond motifs is 9. The maximum atomic E-state index is 13.8. The van der Waals surface area contributed by atoms with E-state index in [1.807, 2.05) is 54.6 Å². The molecule has 2 amide bonds. The van der Waals surface area contributed by atoms with E-state index in [1.54, 1.807) is 11.8 Å². The Bertz CT molecular complexity index is 1730. The Morgan fingerprint density at radius 3 is 2.34 bits per heavy atom. The predicted molar refractivity (Wildman–Crippen MR) is 159 cm³/mol. The first-order valence-corrected chi connectivity index (χ1v) is 15.8. The van der Waals surface area contributed by atoms with Gasteiger partial charge < -0.3 is 9.72 Å². The monoisotopic (exact) mass is 580 g/mol. The first kappa shape index (κ1) is 25.1. The number of benzene rings is 3. The molecule has 2 aliphatic carbocycles. The number of aromatic amines is 1. The van der Waals surface area contributed by atoms with Gasteiger partial charge in [-0.25, -0.2) is 0 Å². The van der Waals surface area contributed by atoms with Crippen molar-refractivity contribution in [2.75, 3.05) is 4.90 Å².